The lowest BCUT2D eigenvalue weighted by molar-refractivity contribution is -0.127. The van der Waals surface area contributed by atoms with Crippen molar-refractivity contribution in [2.75, 3.05) is 13.7 Å². The Morgan fingerprint density at radius 3 is 2.83 bits per heavy atom. The molecule has 0 radical (unpaired) electrons. The smallest absolute Gasteiger partial charge is 0.246 e. The van der Waals surface area contributed by atoms with Gasteiger partial charge in [-0.25, -0.2) is 0 Å². The first kappa shape index (κ1) is 15.8. The fraction of sp³-hybridized carbons (Fsp3) is 0.211. The highest BCUT2D eigenvalue weighted by molar-refractivity contribution is 9.10. The number of nitrogens with zero attached hydrogens (tertiary/aromatic N) is 1. The molecule has 0 unspecified atom stereocenters. The van der Waals surface area contributed by atoms with Gasteiger partial charge in [0.1, 0.15) is 5.75 Å². The van der Waals surface area contributed by atoms with Gasteiger partial charge in [0.25, 0.3) is 0 Å². The average molecular weight is 372 g/mol. The lowest BCUT2D eigenvalue weighted by Crippen LogP contribution is -2.38. The predicted octanol–water partition coefficient (Wildman–Crippen LogP) is 4.12. The molecule has 0 saturated carbocycles. The Morgan fingerprint density at radius 1 is 1.30 bits per heavy atom. The Balaban J connectivity index is 2.14. The molecule has 2 aromatic carbocycles. The lowest BCUT2D eigenvalue weighted by Gasteiger charge is -2.35. The summed E-state index contributed by atoms with van der Waals surface area (Å²) in [5, 5.41) is 0. The van der Waals surface area contributed by atoms with Crippen LogP contribution in [0.4, 0.5) is 0 Å². The normalized spacial score (nSPS) is 16.6. The molecule has 1 heterocycles. The quantitative estimate of drug-likeness (QED) is 0.759. The van der Waals surface area contributed by atoms with Crippen LogP contribution >= 0.6 is 15.9 Å². The third-order valence-corrected chi connectivity index (χ3v) is 4.95. The van der Waals surface area contributed by atoms with Crippen molar-refractivity contribution in [1.82, 2.24) is 4.90 Å². The molecule has 1 aliphatic heterocycles. The van der Waals surface area contributed by atoms with Crippen LogP contribution in [0.1, 0.15) is 22.6 Å². The van der Waals surface area contributed by atoms with E-state index in [9.17, 15) is 4.79 Å². The number of ether oxygens (including phenoxy) is 1. The summed E-state index contributed by atoms with van der Waals surface area (Å²) in [5.41, 5.74) is 3.46. The highest BCUT2D eigenvalue weighted by Gasteiger charge is 2.31. The van der Waals surface area contributed by atoms with Crippen molar-refractivity contribution in [3.63, 3.8) is 0 Å². The van der Waals surface area contributed by atoms with Crippen molar-refractivity contribution >= 4 is 21.8 Å². The molecule has 3 nitrogen and oxygen atoms in total. The summed E-state index contributed by atoms with van der Waals surface area (Å²) in [6.07, 6.45) is 1.38. The van der Waals surface area contributed by atoms with Crippen molar-refractivity contribution < 1.29 is 9.53 Å². The summed E-state index contributed by atoms with van der Waals surface area (Å²) in [6, 6.07) is 14.1. The number of benzene rings is 2. The maximum absolute atomic E-state index is 12.2. The van der Waals surface area contributed by atoms with Crippen LogP contribution in [-0.4, -0.2) is 24.5 Å². The van der Waals surface area contributed by atoms with Crippen LogP contribution in [0, 0.1) is 0 Å². The van der Waals surface area contributed by atoms with Gasteiger partial charge in [-0.1, -0.05) is 52.8 Å². The Bertz CT molecular complexity index is 757. The number of halogens is 1. The molecular weight excluding hydrogens is 354 g/mol. The molecular formula is C19H18BrNO2. The standard InChI is InChI=1S/C19H18BrNO2/c1-3-18(22)21-11-13-7-6-9-16(20)19(13)15(12-21)14-8-4-5-10-17(14)23-2/h3-10,15H,1,11-12H2,2H3/t15-/m0/s1. The van der Waals surface area contributed by atoms with E-state index in [0.717, 1.165) is 21.3 Å². The van der Waals surface area contributed by atoms with Crippen LogP contribution in [0.15, 0.2) is 59.6 Å². The molecule has 4 heteroatoms. The molecule has 118 valence electrons. The molecule has 1 atom stereocenters. The Hall–Kier alpha value is -2.07. The molecule has 1 amide bonds. The molecule has 2 aromatic rings. The Kier molecular flexibility index (Phi) is 4.53. The maximum Gasteiger partial charge on any atom is 0.246 e. The highest BCUT2D eigenvalue weighted by Crippen LogP contribution is 2.41. The lowest BCUT2D eigenvalue weighted by atomic mass is 9.84. The molecule has 1 aliphatic rings. The van der Waals surface area contributed by atoms with Gasteiger partial charge in [-0.3, -0.25) is 4.79 Å². The predicted molar refractivity (Wildman–Crippen MR) is 94.6 cm³/mol. The number of rotatable bonds is 3. The fourth-order valence-corrected chi connectivity index (χ4v) is 3.88. The molecule has 0 spiro atoms. The minimum Gasteiger partial charge on any atom is -0.496 e. The first-order chi connectivity index (χ1) is 11.2. The number of hydrogen-bond acceptors (Lipinski definition) is 2. The molecule has 0 aromatic heterocycles. The third kappa shape index (κ3) is 2.91. The number of fused-ring (bicyclic) bond motifs is 1. The zero-order valence-electron chi connectivity index (χ0n) is 13.0. The van der Waals surface area contributed by atoms with Crippen molar-refractivity contribution in [3.05, 3.63) is 76.3 Å². The molecule has 0 aliphatic carbocycles. The average Bonchev–Trinajstić information content (AvgIpc) is 2.60. The highest BCUT2D eigenvalue weighted by atomic mass is 79.9. The van der Waals surface area contributed by atoms with Crippen molar-refractivity contribution in [2.24, 2.45) is 0 Å². The summed E-state index contributed by atoms with van der Waals surface area (Å²) in [4.78, 5) is 14.0. The molecule has 0 bridgehead atoms. The van der Waals surface area contributed by atoms with Crippen LogP contribution in [-0.2, 0) is 11.3 Å². The summed E-state index contributed by atoms with van der Waals surface area (Å²) < 4.78 is 6.60. The zero-order chi connectivity index (χ0) is 16.4. The van der Waals surface area contributed by atoms with E-state index in [1.165, 1.54) is 11.6 Å². The van der Waals surface area contributed by atoms with Crippen LogP contribution in [0.2, 0.25) is 0 Å². The van der Waals surface area contributed by atoms with E-state index >= 15 is 0 Å². The topological polar surface area (TPSA) is 29.5 Å². The van der Waals surface area contributed by atoms with Crippen molar-refractivity contribution in [1.29, 1.82) is 0 Å². The van der Waals surface area contributed by atoms with E-state index in [1.54, 1.807) is 7.11 Å². The van der Waals surface area contributed by atoms with Gasteiger partial charge >= 0.3 is 0 Å². The number of para-hydroxylation sites is 1. The summed E-state index contributed by atoms with van der Waals surface area (Å²) >= 11 is 3.68. The number of carbonyl (C=O) groups excluding carboxylic acids is 1. The molecule has 3 rings (SSSR count). The summed E-state index contributed by atoms with van der Waals surface area (Å²) in [7, 11) is 1.68. The van der Waals surface area contributed by atoms with Gasteiger partial charge < -0.3 is 9.64 Å². The minimum absolute atomic E-state index is 0.0458. The monoisotopic (exact) mass is 371 g/mol. The maximum atomic E-state index is 12.2. The largest absolute Gasteiger partial charge is 0.496 e. The van der Waals surface area contributed by atoms with Gasteiger partial charge in [-0.2, -0.15) is 0 Å². The van der Waals surface area contributed by atoms with Crippen molar-refractivity contribution in [3.8, 4) is 5.75 Å². The van der Waals surface area contributed by atoms with Gasteiger partial charge in [0, 0.05) is 29.0 Å². The SMILES string of the molecule is C=CC(=O)N1Cc2cccc(Br)c2[C@H](c2ccccc2OC)C1. The van der Waals surface area contributed by atoms with Gasteiger partial charge in [0.2, 0.25) is 5.91 Å². The first-order valence-electron chi connectivity index (χ1n) is 7.47. The number of carbonyl (C=O) groups is 1. The number of amides is 1. The van der Waals surface area contributed by atoms with E-state index < -0.39 is 0 Å². The minimum atomic E-state index is -0.0458. The fourth-order valence-electron chi connectivity index (χ4n) is 3.20. The second kappa shape index (κ2) is 6.59. The second-order valence-corrected chi connectivity index (χ2v) is 6.38. The molecule has 0 fully saturated rings. The van der Waals surface area contributed by atoms with Gasteiger partial charge in [0.05, 0.1) is 7.11 Å². The van der Waals surface area contributed by atoms with E-state index in [-0.39, 0.29) is 11.8 Å². The number of hydrogen-bond donors (Lipinski definition) is 0. The molecule has 0 saturated heterocycles. The first-order valence-corrected chi connectivity index (χ1v) is 8.26. The van der Waals surface area contributed by atoms with Crippen LogP contribution in [0.25, 0.3) is 0 Å². The van der Waals surface area contributed by atoms with E-state index in [2.05, 4.69) is 34.6 Å². The third-order valence-electron chi connectivity index (χ3n) is 4.26. The Labute approximate surface area is 144 Å². The van der Waals surface area contributed by atoms with Crippen LogP contribution in [0.5, 0.6) is 5.75 Å². The summed E-state index contributed by atoms with van der Waals surface area (Å²) in [5.74, 6) is 0.858. The van der Waals surface area contributed by atoms with E-state index in [4.69, 9.17) is 4.74 Å². The van der Waals surface area contributed by atoms with Crippen LogP contribution < -0.4 is 4.74 Å². The van der Waals surface area contributed by atoms with Gasteiger partial charge in [0.15, 0.2) is 0 Å². The van der Waals surface area contributed by atoms with E-state index in [0.29, 0.717) is 13.1 Å². The van der Waals surface area contributed by atoms with Crippen molar-refractivity contribution in [2.45, 2.75) is 12.5 Å². The van der Waals surface area contributed by atoms with Gasteiger partial charge in [-0.05, 0) is 29.3 Å². The van der Waals surface area contributed by atoms with Gasteiger partial charge in [-0.15, -0.1) is 0 Å². The molecule has 0 N–H and O–H groups in total. The molecule has 23 heavy (non-hydrogen) atoms. The Morgan fingerprint density at radius 2 is 2.09 bits per heavy atom. The summed E-state index contributed by atoms with van der Waals surface area (Å²) in [6.45, 7) is 4.83. The van der Waals surface area contributed by atoms with E-state index in [1.807, 2.05) is 35.2 Å². The zero-order valence-corrected chi connectivity index (χ0v) is 14.5. The number of methoxy groups -OCH3 is 1. The van der Waals surface area contributed by atoms with Crippen LogP contribution in [0.3, 0.4) is 0 Å². The second-order valence-electron chi connectivity index (χ2n) is 5.53.